The number of carbonyl (C=O) groups excluding carboxylic acids is 1. The van der Waals surface area contributed by atoms with Crippen molar-refractivity contribution in [2.24, 2.45) is 0 Å². The van der Waals surface area contributed by atoms with Crippen LogP contribution >= 0.6 is 0 Å². The number of aromatic hydroxyl groups is 2. The predicted molar refractivity (Wildman–Crippen MR) is 71.9 cm³/mol. The Morgan fingerprint density at radius 1 is 1.00 bits per heavy atom. The molecule has 0 spiro atoms. The molecule has 0 aliphatic rings. The molecule has 0 atom stereocenters. The van der Waals surface area contributed by atoms with Gasteiger partial charge in [0.2, 0.25) is 0 Å². The maximum atomic E-state index is 10.7. The first-order valence-corrected chi connectivity index (χ1v) is 6.60. The molecule has 18 heavy (non-hydrogen) atoms. The second-order valence-corrected chi connectivity index (χ2v) is 4.79. The molecule has 0 unspecified atom stereocenters. The van der Waals surface area contributed by atoms with Gasteiger partial charge in [0.05, 0.1) is 0 Å². The lowest BCUT2D eigenvalue weighted by Gasteiger charge is -2.04. The Morgan fingerprint density at radius 3 is 2.33 bits per heavy atom. The molecular weight excluding hydrogens is 228 g/mol. The van der Waals surface area contributed by atoms with Crippen LogP contribution in [0.3, 0.4) is 0 Å². The number of Topliss-reactive ketones (excluding diaryl/α,β-unsaturated/α-hetero) is 1. The maximum Gasteiger partial charge on any atom is 0.157 e. The van der Waals surface area contributed by atoms with Gasteiger partial charge in [-0.3, -0.25) is 0 Å². The van der Waals surface area contributed by atoms with Crippen molar-refractivity contribution < 1.29 is 15.0 Å². The number of rotatable bonds is 8. The van der Waals surface area contributed by atoms with E-state index in [9.17, 15) is 15.0 Å². The van der Waals surface area contributed by atoms with Gasteiger partial charge < -0.3 is 15.0 Å². The van der Waals surface area contributed by atoms with Crippen LogP contribution in [0.1, 0.15) is 51.0 Å². The van der Waals surface area contributed by atoms with Crippen LogP contribution in [0.5, 0.6) is 11.5 Å². The Hall–Kier alpha value is -1.51. The normalized spacial score (nSPS) is 10.5. The summed E-state index contributed by atoms with van der Waals surface area (Å²) in [6.45, 7) is 1.64. The van der Waals surface area contributed by atoms with E-state index >= 15 is 0 Å². The second kappa shape index (κ2) is 7.75. The van der Waals surface area contributed by atoms with Crippen molar-refractivity contribution in [1.29, 1.82) is 0 Å². The first kappa shape index (κ1) is 14.6. The number of carbonyl (C=O) groups is 1. The predicted octanol–water partition coefficient (Wildman–Crippen LogP) is 3.57. The summed E-state index contributed by atoms with van der Waals surface area (Å²) in [6.07, 6.45) is 7.09. The minimum atomic E-state index is -0.0667. The number of phenolic OH excluding ortho intramolecular Hbond substituents is 2. The van der Waals surface area contributed by atoms with E-state index in [2.05, 4.69) is 0 Å². The molecule has 3 nitrogen and oxygen atoms in total. The average molecular weight is 250 g/mol. The second-order valence-electron chi connectivity index (χ2n) is 4.79. The lowest BCUT2D eigenvalue weighted by Crippen LogP contribution is -1.90. The van der Waals surface area contributed by atoms with E-state index in [4.69, 9.17) is 0 Å². The molecule has 0 saturated carbocycles. The summed E-state index contributed by atoms with van der Waals surface area (Å²) in [5, 5.41) is 18.5. The van der Waals surface area contributed by atoms with E-state index < -0.39 is 0 Å². The molecule has 100 valence electrons. The summed E-state index contributed by atoms with van der Waals surface area (Å²) in [5.41, 5.74) is 1.05. The van der Waals surface area contributed by atoms with Crippen LogP contribution in [-0.4, -0.2) is 16.0 Å². The van der Waals surface area contributed by atoms with Gasteiger partial charge in [0.1, 0.15) is 5.78 Å². The number of hydrogen-bond acceptors (Lipinski definition) is 3. The van der Waals surface area contributed by atoms with Crippen LogP contribution in [0.15, 0.2) is 18.2 Å². The van der Waals surface area contributed by atoms with Gasteiger partial charge >= 0.3 is 0 Å². The van der Waals surface area contributed by atoms with Crippen molar-refractivity contribution in [1.82, 2.24) is 0 Å². The van der Waals surface area contributed by atoms with Gasteiger partial charge in [-0.2, -0.15) is 0 Å². The van der Waals surface area contributed by atoms with Gasteiger partial charge in [-0.1, -0.05) is 25.3 Å². The van der Waals surface area contributed by atoms with Crippen molar-refractivity contribution >= 4 is 5.78 Å². The van der Waals surface area contributed by atoms with E-state index in [0.717, 1.165) is 44.1 Å². The zero-order valence-electron chi connectivity index (χ0n) is 11.0. The van der Waals surface area contributed by atoms with E-state index in [-0.39, 0.29) is 17.3 Å². The molecule has 0 amide bonds. The highest BCUT2D eigenvalue weighted by Crippen LogP contribution is 2.25. The van der Waals surface area contributed by atoms with Crippen LogP contribution in [0.4, 0.5) is 0 Å². The molecular formula is C15H22O3. The van der Waals surface area contributed by atoms with Crippen molar-refractivity contribution in [2.75, 3.05) is 0 Å². The zero-order valence-corrected chi connectivity index (χ0v) is 11.0. The smallest absolute Gasteiger partial charge is 0.157 e. The molecule has 0 bridgehead atoms. The minimum absolute atomic E-state index is 0.0473. The first-order valence-electron chi connectivity index (χ1n) is 6.60. The van der Waals surface area contributed by atoms with E-state index in [0.29, 0.717) is 6.42 Å². The number of benzene rings is 1. The van der Waals surface area contributed by atoms with Crippen molar-refractivity contribution in [3.63, 3.8) is 0 Å². The van der Waals surface area contributed by atoms with E-state index in [1.807, 2.05) is 6.07 Å². The SMILES string of the molecule is CC(=O)CCCCCCCc1ccc(O)c(O)c1. The third kappa shape index (κ3) is 5.71. The largest absolute Gasteiger partial charge is 0.504 e. The zero-order chi connectivity index (χ0) is 13.4. The van der Waals surface area contributed by atoms with Crippen LogP contribution in [0.2, 0.25) is 0 Å². The summed E-state index contributed by atoms with van der Waals surface area (Å²) >= 11 is 0. The molecule has 0 aliphatic heterocycles. The van der Waals surface area contributed by atoms with Gasteiger partial charge in [0, 0.05) is 6.42 Å². The quantitative estimate of drug-likeness (QED) is 0.547. The summed E-state index contributed by atoms with van der Waals surface area (Å²) in [4.78, 5) is 10.7. The molecule has 1 aromatic rings. The number of unbranched alkanes of at least 4 members (excludes halogenated alkanes) is 4. The third-order valence-electron chi connectivity index (χ3n) is 3.03. The molecule has 0 heterocycles. The van der Waals surface area contributed by atoms with Crippen molar-refractivity contribution in [3.8, 4) is 11.5 Å². The minimum Gasteiger partial charge on any atom is -0.504 e. The molecule has 1 aromatic carbocycles. The molecule has 1 rings (SSSR count). The van der Waals surface area contributed by atoms with Gasteiger partial charge in [0.25, 0.3) is 0 Å². The van der Waals surface area contributed by atoms with Crippen molar-refractivity contribution in [3.05, 3.63) is 23.8 Å². The topological polar surface area (TPSA) is 57.5 Å². The Balaban J connectivity index is 2.10. The number of hydrogen-bond donors (Lipinski definition) is 2. The fraction of sp³-hybridized carbons (Fsp3) is 0.533. The van der Waals surface area contributed by atoms with Crippen LogP contribution in [0.25, 0.3) is 0 Å². The summed E-state index contributed by atoms with van der Waals surface area (Å²) in [5.74, 6) is 0.159. The third-order valence-corrected chi connectivity index (χ3v) is 3.03. The van der Waals surface area contributed by atoms with E-state index in [1.54, 1.807) is 13.0 Å². The molecule has 0 fully saturated rings. The highest BCUT2D eigenvalue weighted by atomic mass is 16.3. The fourth-order valence-corrected chi connectivity index (χ4v) is 1.96. The van der Waals surface area contributed by atoms with Gasteiger partial charge in [-0.25, -0.2) is 0 Å². The summed E-state index contributed by atoms with van der Waals surface area (Å²) < 4.78 is 0. The van der Waals surface area contributed by atoms with Gasteiger partial charge in [0.15, 0.2) is 11.5 Å². The fourth-order valence-electron chi connectivity index (χ4n) is 1.96. The van der Waals surface area contributed by atoms with Crippen LogP contribution < -0.4 is 0 Å². The number of ketones is 1. The van der Waals surface area contributed by atoms with Gasteiger partial charge in [-0.05, 0) is 43.9 Å². The molecule has 3 heteroatoms. The molecule has 2 N–H and O–H groups in total. The number of phenols is 2. The Bertz CT molecular complexity index is 385. The van der Waals surface area contributed by atoms with Crippen LogP contribution in [0, 0.1) is 0 Å². The van der Waals surface area contributed by atoms with Gasteiger partial charge in [-0.15, -0.1) is 0 Å². The van der Waals surface area contributed by atoms with Crippen LogP contribution in [-0.2, 0) is 11.2 Å². The first-order chi connectivity index (χ1) is 8.59. The highest BCUT2D eigenvalue weighted by Gasteiger charge is 2.00. The highest BCUT2D eigenvalue weighted by molar-refractivity contribution is 5.75. The molecule has 0 aliphatic carbocycles. The Morgan fingerprint density at radius 2 is 1.67 bits per heavy atom. The van der Waals surface area contributed by atoms with E-state index in [1.165, 1.54) is 6.07 Å². The molecule has 0 aromatic heterocycles. The molecule has 0 radical (unpaired) electrons. The monoisotopic (exact) mass is 250 g/mol. The average Bonchev–Trinajstić information content (AvgIpc) is 2.32. The summed E-state index contributed by atoms with van der Waals surface area (Å²) in [6, 6.07) is 4.98. The number of aryl methyl sites for hydroxylation is 1. The Labute approximate surface area is 108 Å². The Kier molecular flexibility index (Phi) is 6.26. The standard InChI is InChI=1S/C15H22O3/c1-12(16)7-5-3-2-4-6-8-13-9-10-14(17)15(18)11-13/h9-11,17-18H,2-8H2,1H3. The lowest BCUT2D eigenvalue weighted by atomic mass is 10.0. The van der Waals surface area contributed by atoms with Crippen molar-refractivity contribution in [2.45, 2.75) is 51.9 Å². The maximum absolute atomic E-state index is 10.7. The molecule has 0 saturated heterocycles. The lowest BCUT2D eigenvalue weighted by molar-refractivity contribution is -0.117. The summed E-state index contributed by atoms with van der Waals surface area (Å²) in [7, 11) is 0.